The van der Waals surface area contributed by atoms with Gasteiger partial charge >= 0.3 is 0 Å². The highest BCUT2D eigenvalue weighted by atomic mass is 15.3. The third kappa shape index (κ3) is 4.96. The maximum absolute atomic E-state index is 3.58. The van der Waals surface area contributed by atoms with E-state index in [9.17, 15) is 0 Å². The summed E-state index contributed by atoms with van der Waals surface area (Å²) in [7, 11) is 4.44. The number of nitrogens with zero attached hydrogens (tertiary/aromatic N) is 2. The normalized spacial score (nSPS) is 25.8. The molecule has 3 heteroatoms. The smallest absolute Gasteiger partial charge is 0.0345 e. The molecule has 1 heterocycles. The number of likely N-dealkylation sites (N-methyl/N-ethyl adjacent to an activating group) is 2. The third-order valence-corrected chi connectivity index (χ3v) is 3.02. The number of piperazine rings is 1. The summed E-state index contributed by atoms with van der Waals surface area (Å²) in [5.74, 6) is 0. The van der Waals surface area contributed by atoms with Crippen molar-refractivity contribution in [3.8, 4) is 0 Å². The second-order valence-corrected chi connectivity index (χ2v) is 6.09. The van der Waals surface area contributed by atoms with Gasteiger partial charge in [-0.2, -0.15) is 0 Å². The Labute approximate surface area is 94.8 Å². The van der Waals surface area contributed by atoms with Crippen molar-refractivity contribution in [1.29, 1.82) is 0 Å². The lowest BCUT2D eigenvalue weighted by Crippen LogP contribution is -2.54. The molecule has 1 rings (SSSR count). The highest BCUT2D eigenvalue weighted by Gasteiger charge is 2.22. The predicted octanol–water partition coefficient (Wildman–Crippen LogP) is 0.868. The minimum absolute atomic E-state index is 0.388. The van der Waals surface area contributed by atoms with Gasteiger partial charge in [0.15, 0.2) is 0 Å². The summed E-state index contributed by atoms with van der Waals surface area (Å²) in [4.78, 5) is 4.89. The Morgan fingerprint density at radius 2 is 1.87 bits per heavy atom. The molecule has 3 nitrogen and oxygen atoms in total. The van der Waals surface area contributed by atoms with E-state index in [1.54, 1.807) is 0 Å². The highest BCUT2D eigenvalue weighted by Crippen LogP contribution is 2.11. The van der Waals surface area contributed by atoms with Crippen molar-refractivity contribution in [2.24, 2.45) is 5.41 Å². The van der Waals surface area contributed by atoms with Crippen LogP contribution in [0.3, 0.4) is 0 Å². The first-order valence-electron chi connectivity index (χ1n) is 5.98. The van der Waals surface area contributed by atoms with E-state index in [1.807, 2.05) is 0 Å². The molecule has 1 fully saturated rings. The average Bonchev–Trinajstić information content (AvgIpc) is 2.09. The Balaban J connectivity index is 2.24. The second kappa shape index (κ2) is 5.28. The van der Waals surface area contributed by atoms with Crippen molar-refractivity contribution in [2.45, 2.75) is 26.8 Å². The van der Waals surface area contributed by atoms with E-state index in [1.165, 1.54) is 19.6 Å². The van der Waals surface area contributed by atoms with Crippen LogP contribution in [-0.4, -0.2) is 62.7 Å². The first-order valence-corrected chi connectivity index (χ1v) is 5.98. The fourth-order valence-electron chi connectivity index (χ4n) is 1.94. The van der Waals surface area contributed by atoms with Crippen LogP contribution >= 0.6 is 0 Å². The monoisotopic (exact) mass is 213 g/mol. The molecule has 90 valence electrons. The largest absolute Gasteiger partial charge is 0.315 e. The van der Waals surface area contributed by atoms with Gasteiger partial charge in [0.1, 0.15) is 0 Å². The van der Waals surface area contributed by atoms with Crippen LogP contribution < -0.4 is 5.32 Å². The first kappa shape index (κ1) is 12.9. The maximum Gasteiger partial charge on any atom is 0.0345 e. The summed E-state index contributed by atoms with van der Waals surface area (Å²) in [6.07, 6.45) is 0. The van der Waals surface area contributed by atoms with Crippen LogP contribution in [0.2, 0.25) is 0 Å². The van der Waals surface area contributed by atoms with Gasteiger partial charge < -0.3 is 10.2 Å². The minimum Gasteiger partial charge on any atom is -0.315 e. The van der Waals surface area contributed by atoms with E-state index in [-0.39, 0.29) is 0 Å². The Bertz CT molecular complexity index is 186. The molecule has 0 aromatic carbocycles. The van der Waals surface area contributed by atoms with Crippen molar-refractivity contribution < 1.29 is 0 Å². The van der Waals surface area contributed by atoms with Crippen LogP contribution in [0.4, 0.5) is 0 Å². The predicted molar refractivity (Wildman–Crippen MR) is 66.2 cm³/mol. The van der Waals surface area contributed by atoms with E-state index in [0.717, 1.165) is 13.1 Å². The Morgan fingerprint density at radius 3 is 2.47 bits per heavy atom. The number of hydrogen-bond donors (Lipinski definition) is 1. The van der Waals surface area contributed by atoms with Crippen molar-refractivity contribution >= 4 is 0 Å². The molecule has 1 aliphatic rings. The molecule has 0 aromatic rings. The van der Waals surface area contributed by atoms with E-state index < -0.39 is 0 Å². The molecule has 0 amide bonds. The van der Waals surface area contributed by atoms with Gasteiger partial charge in [-0.05, 0) is 19.5 Å². The van der Waals surface area contributed by atoms with Crippen LogP contribution in [0.25, 0.3) is 0 Å². The van der Waals surface area contributed by atoms with Crippen LogP contribution in [0.15, 0.2) is 0 Å². The lowest BCUT2D eigenvalue weighted by atomic mass is 9.97. The second-order valence-electron chi connectivity index (χ2n) is 6.09. The average molecular weight is 213 g/mol. The molecular formula is C12H27N3. The molecule has 0 spiro atoms. The van der Waals surface area contributed by atoms with Crippen LogP contribution in [0.1, 0.15) is 20.8 Å². The molecule has 0 aromatic heterocycles. The van der Waals surface area contributed by atoms with Crippen LogP contribution in [-0.2, 0) is 0 Å². The molecule has 0 bridgehead atoms. The lowest BCUT2D eigenvalue weighted by Gasteiger charge is -2.38. The Hall–Kier alpha value is -0.120. The Morgan fingerprint density at radius 1 is 1.20 bits per heavy atom. The number of nitrogens with one attached hydrogen (secondary N) is 1. The molecule has 0 aliphatic carbocycles. The van der Waals surface area contributed by atoms with Crippen molar-refractivity contribution in [3.05, 3.63) is 0 Å². The van der Waals surface area contributed by atoms with Gasteiger partial charge in [0.05, 0.1) is 0 Å². The molecule has 0 radical (unpaired) electrons. The summed E-state index contributed by atoms with van der Waals surface area (Å²) in [5, 5.41) is 3.58. The highest BCUT2D eigenvalue weighted by molar-refractivity contribution is 4.80. The fraction of sp³-hybridized carbons (Fsp3) is 1.00. The van der Waals surface area contributed by atoms with Gasteiger partial charge in [-0.25, -0.2) is 0 Å². The first-order chi connectivity index (χ1) is 6.88. The molecule has 0 saturated carbocycles. The fourth-order valence-corrected chi connectivity index (χ4v) is 1.94. The van der Waals surface area contributed by atoms with E-state index in [2.05, 4.69) is 50.0 Å². The van der Waals surface area contributed by atoms with Gasteiger partial charge in [0.2, 0.25) is 0 Å². The summed E-state index contributed by atoms with van der Waals surface area (Å²) in [5.41, 5.74) is 0.388. The zero-order valence-electron chi connectivity index (χ0n) is 11.0. The van der Waals surface area contributed by atoms with Gasteiger partial charge in [-0.15, -0.1) is 0 Å². The number of rotatable bonds is 3. The van der Waals surface area contributed by atoms with Crippen LogP contribution in [0.5, 0.6) is 0 Å². The standard InChI is InChI=1S/C12H27N3/c1-12(2,3)10-13-8-11-9-14(4)6-7-15(11)5/h11,13H,6-10H2,1-5H3. The van der Waals surface area contributed by atoms with Crippen molar-refractivity contribution in [3.63, 3.8) is 0 Å². The quantitative estimate of drug-likeness (QED) is 0.750. The topological polar surface area (TPSA) is 18.5 Å². The van der Waals surface area contributed by atoms with Crippen LogP contribution in [0, 0.1) is 5.41 Å². The molecule has 1 atom stereocenters. The number of hydrogen-bond acceptors (Lipinski definition) is 3. The van der Waals surface area contributed by atoms with Gasteiger partial charge in [0, 0.05) is 38.8 Å². The molecule has 15 heavy (non-hydrogen) atoms. The van der Waals surface area contributed by atoms with Gasteiger partial charge in [-0.3, -0.25) is 4.90 Å². The molecule has 1 saturated heterocycles. The zero-order valence-corrected chi connectivity index (χ0v) is 11.0. The summed E-state index contributed by atoms with van der Waals surface area (Å²) in [6.45, 7) is 12.6. The summed E-state index contributed by atoms with van der Waals surface area (Å²) >= 11 is 0. The lowest BCUT2D eigenvalue weighted by molar-refractivity contribution is 0.112. The SMILES string of the molecule is CN1CCN(C)C(CNCC(C)(C)C)C1. The van der Waals surface area contributed by atoms with Gasteiger partial charge in [0.25, 0.3) is 0 Å². The zero-order chi connectivity index (χ0) is 11.5. The van der Waals surface area contributed by atoms with Crippen molar-refractivity contribution in [1.82, 2.24) is 15.1 Å². The van der Waals surface area contributed by atoms with E-state index >= 15 is 0 Å². The van der Waals surface area contributed by atoms with E-state index in [0.29, 0.717) is 11.5 Å². The van der Waals surface area contributed by atoms with E-state index in [4.69, 9.17) is 0 Å². The molecule has 1 N–H and O–H groups in total. The minimum atomic E-state index is 0.388. The van der Waals surface area contributed by atoms with Gasteiger partial charge in [-0.1, -0.05) is 20.8 Å². The summed E-state index contributed by atoms with van der Waals surface area (Å²) in [6, 6.07) is 0.672. The molecule has 1 aliphatic heterocycles. The maximum atomic E-state index is 3.58. The summed E-state index contributed by atoms with van der Waals surface area (Å²) < 4.78 is 0. The molecule has 1 unspecified atom stereocenters. The Kier molecular flexibility index (Phi) is 4.56. The molecular weight excluding hydrogens is 186 g/mol. The third-order valence-electron chi connectivity index (χ3n) is 3.02. The van der Waals surface area contributed by atoms with Crippen molar-refractivity contribution in [2.75, 3.05) is 46.8 Å².